The van der Waals surface area contributed by atoms with Crippen molar-refractivity contribution in [2.75, 3.05) is 32.7 Å². The van der Waals surface area contributed by atoms with Gasteiger partial charge in [0.25, 0.3) is 0 Å². The van der Waals surface area contributed by atoms with E-state index in [0.717, 1.165) is 45.4 Å². The summed E-state index contributed by atoms with van der Waals surface area (Å²) in [6.45, 7) is 8.45. The van der Waals surface area contributed by atoms with E-state index in [4.69, 9.17) is 5.73 Å². The summed E-state index contributed by atoms with van der Waals surface area (Å²) in [6.07, 6.45) is 3.30. The number of piperidine rings is 1. The van der Waals surface area contributed by atoms with Gasteiger partial charge in [-0.2, -0.15) is 0 Å². The minimum Gasteiger partial charge on any atom is -0.355 e. The third kappa shape index (κ3) is 4.64. The van der Waals surface area contributed by atoms with E-state index in [2.05, 4.69) is 24.1 Å². The highest BCUT2D eigenvalue weighted by Gasteiger charge is 2.27. The molecule has 0 aromatic heterocycles. The predicted octanol–water partition coefficient (Wildman–Crippen LogP) is 0.819. The zero-order chi connectivity index (χ0) is 12.7. The lowest BCUT2D eigenvalue weighted by Gasteiger charge is -2.37. The minimum absolute atomic E-state index is 0.160. The van der Waals surface area contributed by atoms with Crippen molar-refractivity contribution < 1.29 is 4.79 Å². The van der Waals surface area contributed by atoms with Gasteiger partial charge in [0.05, 0.1) is 6.54 Å². The Morgan fingerprint density at radius 3 is 2.76 bits per heavy atom. The van der Waals surface area contributed by atoms with E-state index in [1.54, 1.807) is 0 Å². The van der Waals surface area contributed by atoms with Crippen molar-refractivity contribution in [2.24, 2.45) is 17.6 Å². The average molecular weight is 241 g/mol. The number of hydrogen-bond donors (Lipinski definition) is 2. The molecule has 1 rings (SSSR count). The fourth-order valence-electron chi connectivity index (χ4n) is 2.60. The highest BCUT2D eigenvalue weighted by atomic mass is 16.2. The average Bonchev–Trinajstić information content (AvgIpc) is 2.36. The van der Waals surface area contributed by atoms with Gasteiger partial charge in [0, 0.05) is 13.1 Å². The summed E-state index contributed by atoms with van der Waals surface area (Å²) in [5.74, 6) is 1.47. The van der Waals surface area contributed by atoms with Crippen LogP contribution in [0.5, 0.6) is 0 Å². The van der Waals surface area contributed by atoms with Crippen LogP contribution in [0.2, 0.25) is 0 Å². The molecule has 1 aliphatic rings. The molecule has 0 bridgehead atoms. The molecule has 2 atom stereocenters. The summed E-state index contributed by atoms with van der Waals surface area (Å²) in [5.41, 5.74) is 5.78. The number of nitrogens with two attached hydrogens (primary N) is 1. The van der Waals surface area contributed by atoms with Crippen LogP contribution >= 0.6 is 0 Å². The van der Waals surface area contributed by atoms with Gasteiger partial charge in [-0.05, 0) is 37.8 Å². The van der Waals surface area contributed by atoms with Crippen molar-refractivity contribution in [1.82, 2.24) is 10.2 Å². The lowest BCUT2D eigenvalue weighted by molar-refractivity contribution is -0.122. The van der Waals surface area contributed by atoms with Crippen LogP contribution in [0.15, 0.2) is 0 Å². The predicted molar refractivity (Wildman–Crippen MR) is 70.7 cm³/mol. The number of carbonyl (C=O) groups excluding carboxylic acids is 1. The highest BCUT2D eigenvalue weighted by molar-refractivity contribution is 5.77. The number of amides is 1. The number of rotatable bonds is 6. The van der Waals surface area contributed by atoms with Gasteiger partial charge in [0.15, 0.2) is 0 Å². The lowest BCUT2D eigenvalue weighted by atomic mass is 9.84. The maximum absolute atomic E-state index is 11.6. The van der Waals surface area contributed by atoms with Crippen molar-refractivity contribution >= 4 is 5.91 Å². The highest BCUT2D eigenvalue weighted by Crippen LogP contribution is 2.24. The largest absolute Gasteiger partial charge is 0.355 e. The minimum atomic E-state index is 0.160. The zero-order valence-corrected chi connectivity index (χ0v) is 11.2. The third-order valence-corrected chi connectivity index (χ3v) is 3.74. The Hall–Kier alpha value is -0.610. The molecule has 0 aliphatic carbocycles. The summed E-state index contributed by atoms with van der Waals surface area (Å²) in [7, 11) is 0. The van der Waals surface area contributed by atoms with Crippen LogP contribution in [-0.2, 0) is 4.79 Å². The number of nitrogens with one attached hydrogen (secondary N) is 1. The van der Waals surface area contributed by atoms with Crippen LogP contribution in [0.1, 0.15) is 33.1 Å². The number of carbonyl (C=O) groups is 1. The second kappa shape index (κ2) is 7.67. The van der Waals surface area contributed by atoms with Crippen molar-refractivity contribution in [3.8, 4) is 0 Å². The third-order valence-electron chi connectivity index (χ3n) is 3.74. The van der Waals surface area contributed by atoms with E-state index in [-0.39, 0.29) is 5.91 Å². The van der Waals surface area contributed by atoms with E-state index in [1.807, 2.05) is 0 Å². The fourth-order valence-corrected chi connectivity index (χ4v) is 2.60. The molecule has 0 saturated carbocycles. The molecule has 1 fully saturated rings. The van der Waals surface area contributed by atoms with Crippen molar-refractivity contribution in [3.05, 3.63) is 0 Å². The summed E-state index contributed by atoms with van der Waals surface area (Å²) in [6, 6.07) is 0. The van der Waals surface area contributed by atoms with Crippen molar-refractivity contribution in [1.29, 1.82) is 0 Å². The molecule has 4 heteroatoms. The van der Waals surface area contributed by atoms with Gasteiger partial charge in [-0.15, -0.1) is 0 Å². The van der Waals surface area contributed by atoms with Gasteiger partial charge in [-0.1, -0.05) is 20.3 Å². The molecular weight excluding hydrogens is 214 g/mol. The first-order valence-electron chi connectivity index (χ1n) is 6.90. The number of nitrogens with zero attached hydrogens (tertiary/aromatic N) is 1. The Balaban J connectivity index is 2.34. The van der Waals surface area contributed by atoms with Crippen LogP contribution in [0.4, 0.5) is 0 Å². The molecule has 0 spiro atoms. The Labute approximate surface area is 105 Å². The van der Waals surface area contributed by atoms with Crippen LogP contribution in [-0.4, -0.2) is 43.5 Å². The maximum atomic E-state index is 11.6. The van der Waals surface area contributed by atoms with E-state index < -0.39 is 0 Å². The molecule has 17 heavy (non-hydrogen) atoms. The number of likely N-dealkylation sites (tertiary alicyclic amines) is 1. The summed E-state index contributed by atoms with van der Waals surface area (Å²) >= 11 is 0. The summed E-state index contributed by atoms with van der Waals surface area (Å²) in [5, 5.41) is 2.93. The maximum Gasteiger partial charge on any atom is 0.234 e. The Bertz CT molecular complexity index is 233. The second-order valence-electron chi connectivity index (χ2n) is 5.04. The molecule has 0 radical (unpaired) electrons. The molecule has 3 N–H and O–H groups in total. The molecule has 0 aromatic rings. The molecule has 0 aromatic carbocycles. The van der Waals surface area contributed by atoms with E-state index in [1.165, 1.54) is 0 Å². The molecule has 1 saturated heterocycles. The van der Waals surface area contributed by atoms with Gasteiger partial charge in [-0.25, -0.2) is 0 Å². The first-order valence-corrected chi connectivity index (χ1v) is 6.90. The topological polar surface area (TPSA) is 58.4 Å². The SMILES string of the molecule is CCCNC(=O)CN1CCC(CN)C(CC)C1. The first-order chi connectivity index (χ1) is 8.21. The molecule has 2 unspecified atom stereocenters. The van der Waals surface area contributed by atoms with Crippen LogP contribution < -0.4 is 11.1 Å². The van der Waals surface area contributed by atoms with Crippen LogP contribution in [0, 0.1) is 11.8 Å². The zero-order valence-electron chi connectivity index (χ0n) is 11.2. The Morgan fingerprint density at radius 1 is 1.41 bits per heavy atom. The molecule has 1 aliphatic heterocycles. The monoisotopic (exact) mass is 241 g/mol. The van der Waals surface area contributed by atoms with E-state index >= 15 is 0 Å². The summed E-state index contributed by atoms with van der Waals surface area (Å²) < 4.78 is 0. The van der Waals surface area contributed by atoms with Crippen LogP contribution in [0.3, 0.4) is 0 Å². The fraction of sp³-hybridized carbons (Fsp3) is 0.923. The standard InChI is InChI=1S/C13H27N3O/c1-3-6-15-13(17)10-16-7-5-12(8-14)11(4-2)9-16/h11-12H,3-10,14H2,1-2H3,(H,15,17). The molecule has 1 heterocycles. The second-order valence-corrected chi connectivity index (χ2v) is 5.04. The van der Waals surface area contributed by atoms with Crippen molar-refractivity contribution in [3.63, 3.8) is 0 Å². The lowest BCUT2D eigenvalue weighted by Crippen LogP contribution is -2.46. The molecule has 100 valence electrons. The van der Waals surface area contributed by atoms with Gasteiger partial charge >= 0.3 is 0 Å². The van der Waals surface area contributed by atoms with Gasteiger partial charge in [0.1, 0.15) is 0 Å². The van der Waals surface area contributed by atoms with E-state index in [9.17, 15) is 4.79 Å². The van der Waals surface area contributed by atoms with Gasteiger partial charge in [-0.3, -0.25) is 9.69 Å². The Kier molecular flexibility index (Phi) is 6.52. The summed E-state index contributed by atoms with van der Waals surface area (Å²) in [4.78, 5) is 13.9. The quantitative estimate of drug-likeness (QED) is 0.724. The first kappa shape index (κ1) is 14.5. The molecule has 4 nitrogen and oxygen atoms in total. The van der Waals surface area contributed by atoms with Crippen LogP contribution in [0.25, 0.3) is 0 Å². The smallest absolute Gasteiger partial charge is 0.234 e. The molecular formula is C13H27N3O. The Morgan fingerprint density at radius 2 is 2.18 bits per heavy atom. The normalized spacial score (nSPS) is 25.8. The van der Waals surface area contributed by atoms with Gasteiger partial charge < -0.3 is 11.1 Å². The number of hydrogen-bond acceptors (Lipinski definition) is 3. The van der Waals surface area contributed by atoms with Crippen molar-refractivity contribution in [2.45, 2.75) is 33.1 Å². The van der Waals surface area contributed by atoms with E-state index in [0.29, 0.717) is 18.4 Å². The molecule has 1 amide bonds. The van der Waals surface area contributed by atoms with Gasteiger partial charge in [0.2, 0.25) is 5.91 Å².